The highest BCUT2D eigenvalue weighted by Crippen LogP contribution is 2.27. The van der Waals surface area contributed by atoms with Gasteiger partial charge in [0.1, 0.15) is 0 Å². The minimum absolute atomic E-state index is 0.282. The quantitative estimate of drug-likeness (QED) is 0.839. The summed E-state index contributed by atoms with van der Waals surface area (Å²) in [5.41, 5.74) is 4.63. The molecule has 0 aromatic carbocycles. The summed E-state index contributed by atoms with van der Waals surface area (Å²) in [6, 6.07) is 2.18. The highest BCUT2D eigenvalue weighted by Gasteiger charge is 2.20. The summed E-state index contributed by atoms with van der Waals surface area (Å²) in [6.45, 7) is 5.70. The van der Waals surface area contributed by atoms with Crippen molar-refractivity contribution in [2.45, 2.75) is 32.8 Å². The van der Waals surface area contributed by atoms with Crippen LogP contribution in [0.15, 0.2) is 6.07 Å². The van der Waals surface area contributed by atoms with Gasteiger partial charge in [-0.1, -0.05) is 0 Å². The average Bonchev–Trinajstić information content (AvgIpc) is 2.31. The van der Waals surface area contributed by atoms with Crippen molar-refractivity contribution in [3.8, 4) is 0 Å². The Morgan fingerprint density at radius 1 is 1.53 bits per heavy atom. The van der Waals surface area contributed by atoms with Gasteiger partial charge >= 0.3 is 0 Å². The Kier molecular flexibility index (Phi) is 3.89. The van der Waals surface area contributed by atoms with Gasteiger partial charge in [0.25, 0.3) is 0 Å². The van der Waals surface area contributed by atoms with Crippen molar-refractivity contribution in [1.29, 1.82) is 0 Å². The number of aliphatic hydroxyl groups excluding tert-OH is 1. The van der Waals surface area contributed by atoms with Crippen LogP contribution in [0, 0.1) is 13.8 Å². The number of alkyl halides is 1. The number of anilines is 1. The van der Waals surface area contributed by atoms with Crippen molar-refractivity contribution >= 4 is 17.3 Å². The van der Waals surface area contributed by atoms with Gasteiger partial charge < -0.3 is 10.0 Å². The molecule has 0 aliphatic carbocycles. The molecule has 2 heterocycles. The summed E-state index contributed by atoms with van der Waals surface area (Å²) >= 11 is 5.66. The summed E-state index contributed by atoms with van der Waals surface area (Å²) in [6.07, 6.45) is 1.66. The summed E-state index contributed by atoms with van der Waals surface area (Å²) in [5.74, 6) is 0.282. The molecule has 0 saturated heterocycles. The number of fused-ring (bicyclic) bond motifs is 1. The number of rotatable bonds is 3. The number of nitrogens with zero attached hydrogens (tertiary/aromatic N) is 2. The molecular formula is C13H19ClN2O. The smallest absolute Gasteiger partial charge is 0.0850 e. The van der Waals surface area contributed by atoms with Gasteiger partial charge in [0, 0.05) is 18.8 Å². The van der Waals surface area contributed by atoms with Crippen LogP contribution in [0.25, 0.3) is 0 Å². The highest BCUT2D eigenvalue weighted by atomic mass is 35.5. The van der Waals surface area contributed by atoms with E-state index in [1.54, 1.807) is 0 Å². The third-order valence-corrected chi connectivity index (χ3v) is 3.67. The van der Waals surface area contributed by atoms with E-state index >= 15 is 0 Å². The fraction of sp³-hybridized carbons (Fsp3) is 0.615. The van der Waals surface area contributed by atoms with Gasteiger partial charge in [-0.25, -0.2) is 0 Å². The van der Waals surface area contributed by atoms with Crippen molar-refractivity contribution in [2.75, 3.05) is 23.9 Å². The third-order valence-electron chi connectivity index (χ3n) is 3.31. The largest absolute Gasteiger partial charge is 0.390 e. The monoisotopic (exact) mass is 254 g/mol. The van der Waals surface area contributed by atoms with E-state index in [0.717, 1.165) is 30.8 Å². The van der Waals surface area contributed by atoms with Gasteiger partial charge in [-0.3, -0.25) is 4.98 Å². The van der Waals surface area contributed by atoms with E-state index in [1.165, 1.54) is 11.3 Å². The molecule has 0 radical (unpaired) electrons. The van der Waals surface area contributed by atoms with Crippen molar-refractivity contribution in [2.24, 2.45) is 0 Å². The van der Waals surface area contributed by atoms with Crippen LogP contribution in [0.3, 0.4) is 0 Å². The summed E-state index contributed by atoms with van der Waals surface area (Å²) in [7, 11) is 0. The van der Waals surface area contributed by atoms with Gasteiger partial charge in [0.2, 0.25) is 0 Å². The molecule has 0 saturated carbocycles. The lowest BCUT2D eigenvalue weighted by molar-refractivity contribution is 0.202. The van der Waals surface area contributed by atoms with Gasteiger partial charge in [0.05, 0.1) is 23.4 Å². The average molecular weight is 255 g/mol. The fourth-order valence-electron chi connectivity index (χ4n) is 2.25. The van der Waals surface area contributed by atoms with E-state index in [2.05, 4.69) is 22.9 Å². The van der Waals surface area contributed by atoms with E-state index in [0.29, 0.717) is 6.54 Å². The zero-order chi connectivity index (χ0) is 12.4. The fourth-order valence-corrected chi connectivity index (χ4v) is 2.35. The maximum absolute atomic E-state index is 9.67. The molecule has 0 bridgehead atoms. The molecule has 1 aliphatic rings. The molecule has 0 unspecified atom stereocenters. The first-order chi connectivity index (χ1) is 8.11. The Bertz CT molecular complexity index is 409. The van der Waals surface area contributed by atoms with E-state index in [4.69, 9.17) is 11.6 Å². The Morgan fingerprint density at radius 2 is 2.29 bits per heavy atom. The van der Waals surface area contributed by atoms with Gasteiger partial charge in [-0.2, -0.15) is 0 Å². The second-order valence-electron chi connectivity index (χ2n) is 4.71. The lowest BCUT2D eigenvalue weighted by Crippen LogP contribution is -2.37. The lowest BCUT2D eigenvalue weighted by Gasteiger charge is -2.32. The first-order valence-electron chi connectivity index (χ1n) is 6.08. The number of pyridine rings is 1. The van der Waals surface area contributed by atoms with Crippen LogP contribution in [-0.4, -0.2) is 35.2 Å². The molecule has 1 N–H and O–H groups in total. The van der Waals surface area contributed by atoms with Crippen LogP contribution in [-0.2, 0) is 6.42 Å². The number of aromatic nitrogens is 1. The molecule has 0 fully saturated rings. The minimum Gasteiger partial charge on any atom is -0.390 e. The maximum atomic E-state index is 9.67. The first kappa shape index (κ1) is 12.7. The van der Waals surface area contributed by atoms with Crippen LogP contribution in [0.4, 0.5) is 5.69 Å². The van der Waals surface area contributed by atoms with Crippen molar-refractivity contribution in [3.63, 3.8) is 0 Å². The summed E-state index contributed by atoms with van der Waals surface area (Å²) < 4.78 is 0. The standard InChI is InChI=1S/C13H19ClN2O/c1-9-6-13-12(15-10(9)2)4-3-5-16(13)8-11(17)7-14/h6,11,17H,3-5,7-8H2,1-2H3/t11-/m1/s1. The van der Waals surface area contributed by atoms with E-state index in [1.807, 2.05) is 6.92 Å². The van der Waals surface area contributed by atoms with E-state index < -0.39 is 6.10 Å². The Labute approximate surface area is 107 Å². The number of hydrogen-bond donors (Lipinski definition) is 1. The van der Waals surface area contributed by atoms with Crippen molar-refractivity contribution < 1.29 is 5.11 Å². The number of aliphatic hydroxyl groups is 1. The van der Waals surface area contributed by atoms with Crippen LogP contribution in [0.1, 0.15) is 23.4 Å². The molecule has 4 heteroatoms. The van der Waals surface area contributed by atoms with Crippen LogP contribution >= 0.6 is 11.6 Å². The number of β-amino-alcohol motifs (C(OH)–C–C–N with tert-alkyl or cyclic N) is 1. The predicted molar refractivity (Wildman–Crippen MR) is 71.0 cm³/mol. The molecule has 1 aromatic rings. The molecule has 0 amide bonds. The molecule has 1 atom stereocenters. The van der Waals surface area contributed by atoms with Gasteiger partial charge in [0.15, 0.2) is 0 Å². The normalized spacial score (nSPS) is 16.8. The summed E-state index contributed by atoms with van der Waals surface area (Å²) in [5, 5.41) is 9.67. The predicted octanol–water partition coefficient (Wildman–Crippen LogP) is 2.05. The molecular weight excluding hydrogens is 236 g/mol. The molecule has 17 heavy (non-hydrogen) atoms. The van der Waals surface area contributed by atoms with Gasteiger partial charge in [-0.05, 0) is 38.3 Å². The molecule has 0 spiro atoms. The molecule has 1 aromatic heterocycles. The van der Waals surface area contributed by atoms with Crippen LogP contribution < -0.4 is 4.90 Å². The third kappa shape index (κ3) is 2.72. The van der Waals surface area contributed by atoms with E-state index in [-0.39, 0.29) is 5.88 Å². The topological polar surface area (TPSA) is 36.4 Å². The zero-order valence-corrected chi connectivity index (χ0v) is 11.2. The second-order valence-corrected chi connectivity index (χ2v) is 5.02. The van der Waals surface area contributed by atoms with E-state index in [9.17, 15) is 5.11 Å². The maximum Gasteiger partial charge on any atom is 0.0850 e. The first-order valence-corrected chi connectivity index (χ1v) is 6.61. The molecule has 3 nitrogen and oxygen atoms in total. The van der Waals surface area contributed by atoms with Crippen LogP contribution in [0.5, 0.6) is 0 Å². The number of aryl methyl sites for hydroxylation is 3. The minimum atomic E-state index is -0.468. The molecule has 2 rings (SSSR count). The summed E-state index contributed by atoms with van der Waals surface area (Å²) in [4.78, 5) is 6.84. The number of halogens is 1. The second kappa shape index (κ2) is 5.23. The Balaban J connectivity index is 2.27. The Morgan fingerprint density at radius 3 is 3.00 bits per heavy atom. The van der Waals surface area contributed by atoms with Crippen LogP contribution in [0.2, 0.25) is 0 Å². The lowest BCUT2D eigenvalue weighted by atomic mass is 10.0. The molecule has 1 aliphatic heterocycles. The SMILES string of the molecule is Cc1cc2c(nc1C)CCCN2C[C@H](O)CCl. The molecule has 94 valence electrons. The number of hydrogen-bond acceptors (Lipinski definition) is 3. The van der Waals surface area contributed by atoms with Crippen molar-refractivity contribution in [3.05, 3.63) is 23.0 Å². The van der Waals surface area contributed by atoms with Gasteiger partial charge in [-0.15, -0.1) is 11.6 Å². The Hall–Kier alpha value is -0.800. The zero-order valence-electron chi connectivity index (χ0n) is 10.4. The highest BCUT2D eigenvalue weighted by molar-refractivity contribution is 6.18. The van der Waals surface area contributed by atoms with Crippen molar-refractivity contribution in [1.82, 2.24) is 4.98 Å².